The van der Waals surface area contributed by atoms with Crippen molar-refractivity contribution in [1.29, 1.82) is 0 Å². The molecule has 0 saturated carbocycles. The van der Waals surface area contributed by atoms with Crippen LogP contribution in [0.2, 0.25) is 0 Å². The van der Waals surface area contributed by atoms with Crippen molar-refractivity contribution in [2.45, 2.75) is 26.8 Å². The molecule has 0 saturated heterocycles. The van der Waals surface area contributed by atoms with E-state index in [1.165, 1.54) is 6.92 Å². The fourth-order valence-corrected chi connectivity index (χ4v) is 2.79. The maximum Gasteiger partial charge on any atom is 0.221 e. The minimum absolute atomic E-state index is 0.0845. The van der Waals surface area contributed by atoms with E-state index in [9.17, 15) is 4.79 Å². The van der Waals surface area contributed by atoms with Gasteiger partial charge in [-0.05, 0) is 42.8 Å². The highest BCUT2D eigenvalue weighted by Gasteiger charge is 2.14. The van der Waals surface area contributed by atoms with Crippen molar-refractivity contribution < 1.29 is 14.3 Å². The summed E-state index contributed by atoms with van der Waals surface area (Å²) < 4.78 is 12.3. The summed E-state index contributed by atoms with van der Waals surface area (Å²) in [6, 6.07) is 11.4. The standard InChI is InChI=1S/C19H23BrN2O3/c1-4-11-25-19-16(17(20)9-10-18(19)24-3)12-21-14-5-7-15(8-6-14)22-13(2)23/h5-10,21H,4,11-12H2,1-3H3,(H,22,23). The zero-order valence-electron chi connectivity index (χ0n) is 14.7. The molecule has 0 spiro atoms. The number of nitrogens with one attached hydrogen (secondary N) is 2. The molecule has 2 N–H and O–H groups in total. The van der Waals surface area contributed by atoms with E-state index in [-0.39, 0.29) is 5.91 Å². The molecule has 0 bridgehead atoms. The Kier molecular flexibility index (Phi) is 7.13. The van der Waals surface area contributed by atoms with Crippen LogP contribution in [0.1, 0.15) is 25.8 Å². The van der Waals surface area contributed by atoms with Crippen LogP contribution in [0, 0.1) is 0 Å². The third kappa shape index (κ3) is 5.39. The first kappa shape index (κ1) is 19.1. The Hall–Kier alpha value is -2.21. The molecule has 134 valence electrons. The minimum Gasteiger partial charge on any atom is -0.493 e. The Balaban J connectivity index is 2.15. The first-order chi connectivity index (χ1) is 12.0. The molecule has 0 aliphatic carbocycles. The number of carbonyl (C=O) groups excluding carboxylic acids is 1. The van der Waals surface area contributed by atoms with E-state index in [2.05, 4.69) is 33.5 Å². The van der Waals surface area contributed by atoms with Crippen LogP contribution in [0.25, 0.3) is 0 Å². The van der Waals surface area contributed by atoms with Gasteiger partial charge < -0.3 is 20.1 Å². The summed E-state index contributed by atoms with van der Waals surface area (Å²) in [5.74, 6) is 1.38. The van der Waals surface area contributed by atoms with Gasteiger partial charge in [0.15, 0.2) is 11.5 Å². The van der Waals surface area contributed by atoms with E-state index >= 15 is 0 Å². The second kappa shape index (κ2) is 9.32. The van der Waals surface area contributed by atoms with Gasteiger partial charge in [-0.15, -0.1) is 0 Å². The van der Waals surface area contributed by atoms with Crippen LogP contribution in [0.3, 0.4) is 0 Å². The molecule has 1 amide bonds. The molecule has 2 aromatic carbocycles. The van der Waals surface area contributed by atoms with Crippen LogP contribution in [0.4, 0.5) is 11.4 Å². The number of carbonyl (C=O) groups is 1. The predicted octanol–water partition coefficient (Wildman–Crippen LogP) is 4.82. The van der Waals surface area contributed by atoms with Crippen molar-refractivity contribution in [3.63, 3.8) is 0 Å². The number of hydrogen-bond donors (Lipinski definition) is 2. The van der Waals surface area contributed by atoms with Gasteiger partial charge in [-0.2, -0.15) is 0 Å². The molecule has 0 unspecified atom stereocenters. The molecule has 2 rings (SSSR count). The summed E-state index contributed by atoms with van der Waals surface area (Å²) in [5.41, 5.74) is 2.72. The number of hydrogen-bond acceptors (Lipinski definition) is 4. The normalized spacial score (nSPS) is 10.2. The predicted molar refractivity (Wildman–Crippen MR) is 105 cm³/mol. The van der Waals surface area contributed by atoms with E-state index in [0.29, 0.717) is 13.2 Å². The summed E-state index contributed by atoms with van der Waals surface area (Å²) >= 11 is 3.59. The average Bonchev–Trinajstić information content (AvgIpc) is 2.60. The molecule has 2 aromatic rings. The number of ether oxygens (including phenoxy) is 2. The van der Waals surface area contributed by atoms with Gasteiger partial charge in [-0.1, -0.05) is 22.9 Å². The Morgan fingerprint density at radius 3 is 2.40 bits per heavy atom. The van der Waals surface area contributed by atoms with Crippen molar-refractivity contribution in [1.82, 2.24) is 0 Å². The lowest BCUT2D eigenvalue weighted by Crippen LogP contribution is -2.07. The second-order valence-corrected chi connectivity index (χ2v) is 6.37. The summed E-state index contributed by atoms with van der Waals surface area (Å²) in [7, 11) is 1.64. The number of anilines is 2. The van der Waals surface area contributed by atoms with Crippen molar-refractivity contribution in [3.8, 4) is 11.5 Å². The number of halogens is 1. The van der Waals surface area contributed by atoms with Gasteiger partial charge in [0.05, 0.1) is 13.7 Å². The Morgan fingerprint density at radius 2 is 1.80 bits per heavy atom. The van der Waals surface area contributed by atoms with Crippen molar-refractivity contribution in [2.24, 2.45) is 0 Å². The van der Waals surface area contributed by atoms with Crippen LogP contribution in [-0.4, -0.2) is 19.6 Å². The number of benzene rings is 2. The lowest BCUT2D eigenvalue weighted by Gasteiger charge is -2.17. The molecule has 0 heterocycles. The van der Waals surface area contributed by atoms with E-state index in [0.717, 1.165) is 39.3 Å². The largest absolute Gasteiger partial charge is 0.493 e. The van der Waals surface area contributed by atoms with Gasteiger partial charge >= 0.3 is 0 Å². The van der Waals surface area contributed by atoms with Gasteiger partial charge in [0, 0.05) is 34.9 Å². The van der Waals surface area contributed by atoms with Gasteiger partial charge in [0.2, 0.25) is 5.91 Å². The zero-order chi connectivity index (χ0) is 18.2. The van der Waals surface area contributed by atoms with Crippen LogP contribution >= 0.6 is 15.9 Å². The Labute approximate surface area is 156 Å². The van der Waals surface area contributed by atoms with E-state index in [1.54, 1.807) is 7.11 Å². The molecule has 0 fully saturated rings. The summed E-state index contributed by atoms with van der Waals surface area (Å²) in [6.45, 7) is 4.77. The smallest absolute Gasteiger partial charge is 0.221 e. The number of amides is 1. The molecule has 0 atom stereocenters. The molecule has 0 aliphatic rings. The molecular formula is C19H23BrN2O3. The molecule has 0 aliphatic heterocycles. The quantitative estimate of drug-likeness (QED) is 0.659. The first-order valence-electron chi connectivity index (χ1n) is 8.14. The van der Waals surface area contributed by atoms with Gasteiger partial charge in [-0.3, -0.25) is 4.79 Å². The number of rotatable bonds is 8. The fraction of sp³-hybridized carbons (Fsp3) is 0.316. The second-order valence-electron chi connectivity index (χ2n) is 5.52. The third-order valence-electron chi connectivity index (χ3n) is 3.51. The number of methoxy groups -OCH3 is 1. The maximum absolute atomic E-state index is 11.1. The SMILES string of the molecule is CCCOc1c(OC)ccc(Br)c1CNc1ccc(NC(C)=O)cc1. The van der Waals surface area contributed by atoms with E-state index in [4.69, 9.17) is 9.47 Å². The molecule has 0 radical (unpaired) electrons. The highest BCUT2D eigenvalue weighted by atomic mass is 79.9. The van der Waals surface area contributed by atoms with Crippen molar-refractivity contribution in [3.05, 3.63) is 46.4 Å². The van der Waals surface area contributed by atoms with Gasteiger partial charge in [-0.25, -0.2) is 0 Å². The first-order valence-corrected chi connectivity index (χ1v) is 8.94. The van der Waals surface area contributed by atoms with Crippen LogP contribution < -0.4 is 20.1 Å². The lowest BCUT2D eigenvalue weighted by atomic mass is 10.1. The Morgan fingerprint density at radius 1 is 1.12 bits per heavy atom. The van der Waals surface area contributed by atoms with Crippen LogP contribution in [0.5, 0.6) is 11.5 Å². The Bertz CT molecular complexity index is 717. The lowest BCUT2D eigenvalue weighted by molar-refractivity contribution is -0.114. The fourth-order valence-electron chi connectivity index (χ4n) is 2.34. The average molecular weight is 407 g/mol. The van der Waals surface area contributed by atoms with Crippen LogP contribution in [0.15, 0.2) is 40.9 Å². The highest BCUT2D eigenvalue weighted by Crippen LogP contribution is 2.37. The molecule has 5 nitrogen and oxygen atoms in total. The molecule has 0 aromatic heterocycles. The van der Waals surface area contributed by atoms with Gasteiger partial charge in [0.25, 0.3) is 0 Å². The van der Waals surface area contributed by atoms with E-state index < -0.39 is 0 Å². The summed E-state index contributed by atoms with van der Waals surface area (Å²) in [6.07, 6.45) is 0.924. The van der Waals surface area contributed by atoms with Crippen molar-refractivity contribution in [2.75, 3.05) is 24.4 Å². The van der Waals surface area contributed by atoms with Crippen molar-refractivity contribution >= 4 is 33.2 Å². The maximum atomic E-state index is 11.1. The molecule has 25 heavy (non-hydrogen) atoms. The zero-order valence-corrected chi connectivity index (χ0v) is 16.3. The molecule has 6 heteroatoms. The van der Waals surface area contributed by atoms with Crippen LogP contribution in [-0.2, 0) is 11.3 Å². The summed E-state index contributed by atoms with van der Waals surface area (Å²) in [5, 5.41) is 6.12. The molecular weight excluding hydrogens is 384 g/mol. The third-order valence-corrected chi connectivity index (χ3v) is 4.26. The van der Waals surface area contributed by atoms with E-state index in [1.807, 2.05) is 36.4 Å². The highest BCUT2D eigenvalue weighted by molar-refractivity contribution is 9.10. The monoisotopic (exact) mass is 406 g/mol. The topological polar surface area (TPSA) is 59.6 Å². The summed E-state index contributed by atoms with van der Waals surface area (Å²) in [4.78, 5) is 11.1. The van der Waals surface area contributed by atoms with Gasteiger partial charge in [0.1, 0.15) is 0 Å². The minimum atomic E-state index is -0.0845.